The predicted molar refractivity (Wildman–Crippen MR) is 52.2 cm³/mol. The maximum atomic E-state index is 12.7. The third kappa shape index (κ3) is 4.75. The van der Waals surface area contributed by atoms with Gasteiger partial charge in [0.05, 0.1) is 12.6 Å². The number of carboxylic acid groups (broad SMARTS) is 1. The third-order valence-electron chi connectivity index (χ3n) is 1.53. The zero-order chi connectivity index (χ0) is 11.1. The molecule has 1 N–H and O–H groups in total. The normalized spacial score (nSPS) is 10.5. The fraction of sp³-hybridized carbons (Fsp3) is 0.200. The molecule has 0 unspecified atom stereocenters. The Bertz CT molecular complexity index is 365. The van der Waals surface area contributed by atoms with Gasteiger partial charge in [0.2, 0.25) is 0 Å². The van der Waals surface area contributed by atoms with Gasteiger partial charge in [-0.25, -0.2) is 4.39 Å². The highest BCUT2D eigenvalue weighted by Gasteiger charge is 1.95. The van der Waals surface area contributed by atoms with E-state index in [-0.39, 0.29) is 18.8 Å². The molecule has 1 rings (SSSR count). The van der Waals surface area contributed by atoms with E-state index in [1.165, 1.54) is 18.3 Å². The summed E-state index contributed by atoms with van der Waals surface area (Å²) < 4.78 is 12.7. The van der Waals surface area contributed by atoms with Crippen molar-refractivity contribution >= 4 is 12.2 Å². The summed E-state index contributed by atoms with van der Waals surface area (Å²) in [6, 6.07) is 5.83. The second kappa shape index (κ2) is 5.74. The van der Waals surface area contributed by atoms with Crippen molar-refractivity contribution in [3.8, 4) is 0 Å². The maximum absolute atomic E-state index is 12.7. The smallest absolute Gasteiger partial charge is 0.306 e. The maximum Gasteiger partial charge on any atom is 0.306 e. The largest absolute Gasteiger partial charge is 0.481 e. The van der Waals surface area contributed by atoms with Crippen LogP contribution in [-0.4, -0.2) is 23.9 Å². The van der Waals surface area contributed by atoms with E-state index in [4.69, 9.17) is 5.11 Å². The molecule has 0 bridgehead atoms. The van der Waals surface area contributed by atoms with Crippen LogP contribution in [0.25, 0.3) is 0 Å². The van der Waals surface area contributed by atoms with Crippen LogP contribution in [0.3, 0.4) is 0 Å². The van der Waals surface area contributed by atoms with Gasteiger partial charge in [-0.15, -0.1) is 0 Å². The van der Waals surface area contributed by atoms with Gasteiger partial charge in [-0.2, -0.15) is 0 Å². The lowest BCUT2D eigenvalue weighted by molar-refractivity contribution is -0.138. The molecule has 80 valence electrons. The summed E-state index contributed by atoms with van der Waals surface area (Å²) in [5.74, 6) is -1.31. The van der Waals surface area contributed by atoms with Crippen molar-refractivity contribution in [2.24, 2.45) is 5.16 Å². The summed E-state index contributed by atoms with van der Waals surface area (Å²) in [4.78, 5) is 14.8. The summed E-state index contributed by atoms with van der Waals surface area (Å²) >= 11 is 0. The minimum atomic E-state index is -0.948. The van der Waals surface area contributed by atoms with Crippen LogP contribution in [-0.2, 0) is 9.63 Å². The first-order valence-corrected chi connectivity index (χ1v) is 4.31. The molecular formula is C10H10FNO3. The number of aliphatic carboxylic acids is 1. The van der Waals surface area contributed by atoms with Crippen LogP contribution in [0.1, 0.15) is 12.0 Å². The standard InChI is InChI=1S/C10H10FNO3/c11-9-3-1-2-8(6-9)7-12-15-5-4-10(13)14/h1-3,6-7H,4-5H2,(H,13,14)/b12-7+. The number of halogens is 1. The molecule has 1 aromatic carbocycles. The minimum absolute atomic E-state index is 0.00114. The van der Waals surface area contributed by atoms with Crippen molar-refractivity contribution in [1.82, 2.24) is 0 Å². The summed E-state index contributed by atoms with van der Waals surface area (Å²) in [6.07, 6.45) is 1.21. The van der Waals surface area contributed by atoms with Gasteiger partial charge in [0, 0.05) is 0 Å². The monoisotopic (exact) mass is 211 g/mol. The average Bonchev–Trinajstić information content (AvgIpc) is 2.17. The summed E-state index contributed by atoms with van der Waals surface area (Å²) in [5, 5.41) is 11.8. The lowest BCUT2D eigenvalue weighted by Crippen LogP contribution is -1.99. The number of benzene rings is 1. The van der Waals surface area contributed by atoms with Crippen LogP contribution in [0.15, 0.2) is 29.4 Å². The van der Waals surface area contributed by atoms with Crippen molar-refractivity contribution in [3.63, 3.8) is 0 Å². The Morgan fingerprint density at radius 3 is 3.07 bits per heavy atom. The van der Waals surface area contributed by atoms with E-state index in [0.717, 1.165) is 0 Å². The van der Waals surface area contributed by atoms with E-state index in [9.17, 15) is 9.18 Å². The van der Waals surface area contributed by atoms with Gasteiger partial charge in [0.1, 0.15) is 12.4 Å². The topological polar surface area (TPSA) is 58.9 Å². The van der Waals surface area contributed by atoms with E-state index < -0.39 is 5.97 Å². The molecular weight excluding hydrogens is 201 g/mol. The Morgan fingerprint density at radius 2 is 2.40 bits per heavy atom. The number of carbonyl (C=O) groups is 1. The lowest BCUT2D eigenvalue weighted by atomic mass is 10.2. The molecule has 15 heavy (non-hydrogen) atoms. The Labute approximate surface area is 86.0 Å². The fourth-order valence-electron chi connectivity index (χ4n) is 0.871. The number of rotatable bonds is 5. The Balaban J connectivity index is 2.35. The van der Waals surface area contributed by atoms with Crippen molar-refractivity contribution in [2.45, 2.75) is 6.42 Å². The van der Waals surface area contributed by atoms with Crippen LogP contribution in [0.2, 0.25) is 0 Å². The van der Waals surface area contributed by atoms with E-state index in [0.29, 0.717) is 5.56 Å². The van der Waals surface area contributed by atoms with Gasteiger partial charge >= 0.3 is 5.97 Å². The molecule has 0 heterocycles. The molecule has 4 nitrogen and oxygen atoms in total. The molecule has 0 fully saturated rings. The quantitative estimate of drug-likeness (QED) is 0.457. The summed E-state index contributed by atoms with van der Waals surface area (Å²) in [5.41, 5.74) is 0.560. The molecule has 0 aromatic heterocycles. The van der Waals surface area contributed by atoms with Crippen LogP contribution in [0.5, 0.6) is 0 Å². The van der Waals surface area contributed by atoms with E-state index in [1.807, 2.05) is 0 Å². The molecule has 1 aromatic rings. The number of nitrogens with zero attached hydrogens (tertiary/aromatic N) is 1. The van der Waals surface area contributed by atoms with Crippen molar-refractivity contribution in [2.75, 3.05) is 6.61 Å². The molecule has 0 saturated carbocycles. The molecule has 0 amide bonds. The van der Waals surface area contributed by atoms with Gasteiger partial charge in [-0.05, 0) is 17.7 Å². The first-order chi connectivity index (χ1) is 7.18. The number of hydrogen-bond donors (Lipinski definition) is 1. The van der Waals surface area contributed by atoms with Crippen LogP contribution < -0.4 is 0 Å². The van der Waals surface area contributed by atoms with Crippen molar-refractivity contribution in [1.29, 1.82) is 0 Å². The second-order valence-corrected chi connectivity index (χ2v) is 2.77. The van der Waals surface area contributed by atoms with Crippen molar-refractivity contribution < 1.29 is 19.1 Å². The highest BCUT2D eigenvalue weighted by molar-refractivity contribution is 5.78. The average molecular weight is 211 g/mol. The van der Waals surface area contributed by atoms with E-state index >= 15 is 0 Å². The molecule has 0 saturated heterocycles. The predicted octanol–water partition coefficient (Wildman–Crippen LogP) is 1.65. The number of carboxylic acids is 1. The fourth-order valence-corrected chi connectivity index (χ4v) is 0.871. The van der Waals surface area contributed by atoms with Crippen molar-refractivity contribution in [3.05, 3.63) is 35.6 Å². The number of oxime groups is 1. The number of hydrogen-bond acceptors (Lipinski definition) is 3. The van der Waals surface area contributed by atoms with Crippen LogP contribution in [0, 0.1) is 5.82 Å². The third-order valence-corrected chi connectivity index (χ3v) is 1.53. The van der Waals surface area contributed by atoms with E-state index in [2.05, 4.69) is 9.99 Å². The SMILES string of the molecule is O=C(O)CCO/N=C/c1cccc(F)c1. The zero-order valence-electron chi connectivity index (χ0n) is 7.89. The molecule has 0 aliphatic heterocycles. The van der Waals surface area contributed by atoms with Gasteiger partial charge in [0.15, 0.2) is 0 Å². The molecule has 0 radical (unpaired) electrons. The van der Waals surface area contributed by atoms with E-state index in [1.54, 1.807) is 12.1 Å². The molecule has 0 aliphatic rings. The lowest BCUT2D eigenvalue weighted by Gasteiger charge is -1.95. The molecule has 0 atom stereocenters. The minimum Gasteiger partial charge on any atom is -0.481 e. The Kier molecular flexibility index (Phi) is 4.28. The summed E-state index contributed by atoms with van der Waals surface area (Å²) in [7, 11) is 0. The zero-order valence-corrected chi connectivity index (χ0v) is 7.89. The van der Waals surface area contributed by atoms with Crippen LogP contribution >= 0.6 is 0 Å². The molecule has 0 spiro atoms. The molecule has 5 heteroatoms. The van der Waals surface area contributed by atoms with Gasteiger partial charge in [-0.1, -0.05) is 17.3 Å². The van der Waals surface area contributed by atoms with Gasteiger partial charge in [-0.3, -0.25) is 4.79 Å². The highest BCUT2D eigenvalue weighted by atomic mass is 19.1. The Morgan fingerprint density at radius 1 is 1.60 bits per heavy atom. The van der Waals surface area contributed by atoms with Gasteiger partial charge < -0.3 is 9.94 Å². The first-order valence-electron chi connectivity index (χ1n) is 4.31. The highest BCUT2D eigenvalue weighted by Crippen LogP contribution is 2.00. The first kappa shape index (κ1) is 11.2. The Hall–Kier alpha value is -1.91. The van der Waals surface area contributed by atoms with Crippen LogP contribution in [0.4, 0.5) is 4.39 Å². The second-order valence-electron chi connectivity index (χ2n) is 2.77. The molecule has 0 aliphatic carbocycles. The van der Waals surface area contributed by atoms with Gasteiger partial charge in [0.25, 0.3) is 0 Å². The summed E-state index contributed by atoms with van der Waals surface area (Å²) in [6.45, 7) is 0.00114.